The van der Waals surface area contributed by atoms with Crippen LogP contribution in [0.2, 0.25) is 0 Å². The van der Waals surface area contributed by atoms with Gasteiger partial charge < -0.3 is 19.9 Å². The standard InChI is InChI=1S/C20H19NO5/c1-11-15(10-18(24)21-12(2)13-6-4-3-5-7-13)20(25)26-17-9-14(22)8-16(23)19(11)17/h3-9,12,22-23H,10H2,1-2H3,(H,21,24). The van der Waals surface area contributed by atoms with E-state index < -0.39 is 5.63 Å². The van der Waals surface area contributed by atoms with E-state index in [0.717, 1.165) is 11.6 Å². The molecule has 1 heterocycles. The van der Waals surface area contributed by atoms with Crippen LogP contribution in [0.25, 0.3) is 11.0 Å². The number of aryl methyl sites for hydroxylation is 1. The predicted molar refractivity (Wildman–Crippen MR) is 97.3 cm³/mol. The smallest absolute Gasteiger partial charge is 0.340 e. The Bertz CT molecular complexity index is 1020. The Morgan fingerprint density at radius 3 is 2.58 bits per heavy atom. The van der Waals surface area contributed by atoms with Crippen LogP contribution in [0.3, 0.4) is 0 Å². The van der Waals surface area contributed by atoms with Crippen LogP contribution in [-0.4, -0.2) is 16.1 Å². The number of hydrogen-bond donors (Lipinski definition) is 3. The van der Waals surface area contributed by atoms with E-state index in [-0.39, 0.29) is 41.0 Å². The zero-order chi connectivity index (χ0) is 18.8. The molecule has 3 aromatic rings. The van der Waals surface area contributed by atoms with Crippen LogP contribution in [0, 0.1) is 6.92 Å². The van der Waals surface area contributed by atoms with Gasteiger partial charge in [-0.1, -0.05) is 30.3 Å². The quantitative estimate of drug-likeness (QED) is 0.626. The number of benzene rings is 2. The van der Waals surface area contributed by atoms with Crippen molar-refractivity contribution in [3.8, 4) is 11.5 Å². The lowest BCUT2D eigenvalue weighted by Gasteiger charge is -2.15. The first-order chi connectivity index (χ1) is 12.4. The van der Waals surface area contributed by atoms with Crippen molar-refractivity contribution in [1.29, 1.82) is 0 Å². The van der Waals surface area contributed by atoms with Gasteiger partial charge in [0.15, 0.2) is 0 Å². The second-order valence-corrected chi connectivity index (χ2v) is 6.21. The molecular formula is C20H19NO5. The van der Waals surface area contributed by atoms with Crippen LogP contribution in [0.4, 0.5) is 0 Å². The molecule has 134 valence electrons. The van der Waals surface area contributed by atoms with E-state index in [9.17, 15) is 19.8 Å². The second kappa shape index (κ2) is 6.92. The highest BCUT2D eigenvalue weighted by Gasteiger charge is 2.19. The third-order valence-corrected chi connectivity index (χ3v) is 4.36. The fourth-order valence-electron chi connectivity index (χ4n) is 2.99. The minimum atomic E-state index is -0.664. The summed E-state index contributed by atoms with van der Waals surface area (Å²) < 4.78 is 5.17. The van der Waals surface area contributed by atoms with Crippen LogP contribution < -0.4 is 10.9 Å². The topological polar surface area (TPSA) is 99.8 Å². The Hall–Kier alpha value is -3.28. The third-order valence-electron chi connectivity index (χ3n) is 4.36. The number of phenols is 2. The summed E-state index contributed by atoms with van der Waals surface area (Å²) in [5.74, 6) is -0.741. The average molecular weight is 353 g/mol. The van der Waals surface area contributed by atoms with Gasteiger partial charge in [0.25, 0.3) is 0 Å². The summed E-state index contributed by atoms with van der Waals surface area (Å²) >= 11 is 0. The van der Waals surface area contributed by atoms with Crippen molar-refractivity contribution in [1.82, 2.24) is 5.32 Å². The summed E-state index contributed by atoms with van der Waals surface area (Å²) in [6, 6.07) is 11.7. The highest BCUT2D eigenvalue weighted by atomic mass is 16.4. The Balaban J connectivity index is 1.89. The summed E-state index contributed by atoms with van der Waals surface area (Å²) in [6.07, 6.45) is -0.165. The number of phenolic OH excluding ortho intramolecular Hbond substituents is 2. The molecule has 0 fully saturated rings. The minimum absolute atomic E-state index is 0.0758. The molecule has 3 rings (SSSR count). The minimum Gasteiger partial charge on any atom is -0.508 e. The number of aromatic hydroxyl groups is 2. The second-order valence-electron chi connectivity index (χ2n) is 6.21. The number of hydrogen-bond acceptors (Lipinski definition) is 5. The fraction of sp³-hybridized carbons (Fsp3) is 0.200. The molecule has 0 aliphatic heterocycles. The number of amides is 1. The van der Waals surface area contributed by atoms with Gasteiger partial charge in [-0.3, -0.25) is 4.79 Å². The van der Waals surface area contributed by atoms with Gasteiger partial charge in [-0.15, -0.1) is 0 Å². The first kappa shape index (κ1) is 17.5. The first-order valence-electron chi connectivity index (χ1n) is 8.19. The monoisotopic (exact) mass is 353 g/mol. The van der Waals surface area contributed by atoms with Crippen molar-refractivity contribution in [2.24, 2.45) is 0 Å². The van der Waals surface area contributed by atoms with Crippen molar-refractivity contribution >= 4 is 16.9 Å². The predicted octanol–water partition coefficient (Wildman–Crippen LogP) is 2.93. The largest absolute Gasteiger partial charge is 0.508 e. The Kier molecular flexibility index (Phi) is 4.67. The fourth-order valence-corrected chi connectivity index (χ4v) is 2.99. The Morgan fingerprint density at radius 2 is 1.88 bits per heavy atom. The molecule has 26 heavy (non-hydrogen) atoms. The lowest BCUT2D eigenvalue weighted by molar-refractivity contribution is -0.121. The number of nitrogens with one attached hydrogen (secondary N) is 1. The molecule has 0 bridgehead atoms. The molecule has 0 saturated heterocycles. The maximum absolute atomic E-state index is 12.4. The molecule has 1 unspecified atom stereocenters. The average Bonchev–Trinajstić information content (AvgIpc) is 2.58. The Morgan fingerprint density at radius 1 is 1.19 bits per heavy atom. The molecule has 1 atom stereocenters. The molecule has 0 aliphatic carbocycles. The normalized spacial score (nSPS) is 12.1. The molecule has 0 saturated carbocycles. The van der Waals surface area contributed by atoms with E-state index in [4.69, 9.17) is 4.42 Å². The third kappa shape index (κ3) is 3.39. The molecular weight excluding hydrogens is 334 g/mol. The van der Waals surface area contributed by atoms with Gasteiger partial charge in [-0.25, -0.2) is 4.79 Å². The first-order valence-corrected chi connectivity index (χ1v) is 8.19. The van der Waals surface area contributed by atoms with Gasteiger partial charge in [0.05, 0.1) is 23.4 Å². The van der Waals surface area contributed by atoms with E-state index in [0.29, 0.717) is 10.9 Å². The summed E-state index contributed by atoms with van der Waals surface area (Å²) in [5.41, 5.74) is 0.998. The van der Waals surface area contributed by atoms with Gasteiger partial charge in [-0.2, -0.15) is 0 Å². The maximum Gasteiger partial charge on any atom is 0.340 e. The van der Waals surface area contributed by atoms with Gasteiger partial charge in [0, 0.05) is 12.1 Å². The molecule has 2 aromatic carbocycles. The molecule has 3 N–H and O–H groups in total. The summed E-state index contributed by atoms with van der Waals surface area (Å²) in [6.45, 7) is 3.50. The number of carbonyl (C=O) groups is 1. The molecule has 0 aliphatic rings. The van der Waals surface area contributed by atoms with Crippen molar-refractivity contribution in [2.75, 3.05) is 0 Å². The van der Waals surface area contributed by atoms with Crippen LogP contribution in [0.5, 0.6) is 11.5 Å². The van der Waals surface area contributed by atoms with Gasteiger partial charge in [-0.05, 0) is 25.0 Å². The molecule has 1 aromatic heterocycles. The van der Waals surface area contributed by atoms with Crippen molar-refractivity contribution < 1.29 is 19.4 Å². The molecule has 1 amide bonds. The van der Waals surface area contributed by atoms with E-state index >= 15 is 0 Å². The number of fused-ring (bicyclic) bond motifs is 1. The highest BCUT2D eigenvalue weighted by Crippen LogP contribution is 2.32. The zero-order valence-corrected chi connectivity index (χ0v) is 14.4. The lowest BCUT2D eigenvalue weighted by Crippen LogP contribution is -2.30. The number of carbonyl (C=O) groups excluding carboxylic acids is 1. The van der Waals surface area contributed by atoms with Crippen LogP contribution in [-0.2, 0) is 11.2 Å². The SMILES string of the molecule is Cc1c(CC(=O)NC(C)c2ccccc2)c(=O)oc2cc(O)cc(O)c12. The van der Waals surface area contributed by atoms with E-state index in [2.05, 4.69) is 5.32 Å². The summed E-state index contributed by atoms with van der Waals surface area (Å²) in [5, 5.41) is 22.7. The summed E-state index contributed by atoms with van der Waals surface area (Å²) in [7, 11) is 0. The van der Waals surface area contributed by atoms with Gasteiger partial charge in [0.2, 0.25) is 5.91 Å². The van der Waals surface area contributed by atoms with E-state index in [1.807, 2.05) is 37.3 Å². The van der Waals surface area contributed by atoms with Crippen LogP contribution in [0.1, 0.15) is 29.7 Å². The Labute approximate surface area is 149 Å². The van der Waals surface area contributed by atoms with Gasteiger partial charge >= 0.3 is 5.63 Å². The van der Waals surface area contributed by atoms with Crippen molar-refractivity contribution in [2.45, 2.75) is 26.3 Å². The van der Waals surface area contributed by atoms with Crippen LogP contribution in [0.15, 0.2) is 51.7 Å². The molecule has 6 nitrogen and oxygen atoms in total. The zero-order valence-electron chi connectivity index (χ0n) is 14.4. The summed E-state index contributed by atoms with van der Waals surface area (Å²) in [4.78, 5) is 24.6. The molecule has 6 heteroatoms. The molecule has 0 radical (unpaired) electrons. The maximum atomic E-state index is 12.4. The van der Waals surface area contributed by atoms with Crippen molar-refractivity contribution in [3.05, 3.63) is 69.6 Å². The molecule has 0 spiro atoms. The number of rotatable bonds is 4. The highest BCUT2D eigenvalue weighted by molar-refractivity contribution is 5.90. The van der Waals surface area contributed by atoms with Crippen LogP contribution >= 0.6 is 0 Å². The van der Waals surface area contributed by atoms with E-state index in [1.165, 1.54) is 6.07 Å². The lowest BCUT2D eigenvalue weighted by atomic mass is 10.0. The van der Waals surface area contributed by atoms with E-state index in [1.54, 1.807) is 6.92 Å². The van der Waals surface area contributed by atoms with Crippen molar-refractivity contribution in [3.63, 3.8) is 0 Å². The van der Waals surface area contributed by atoms with Gasteiger partial charge in [0.1, 0.15) is 17.1 Å².